The summed E-state index contributed by atoms with van der Waals surface area (Å²) in [5.41, 5.74) is 0.203. The number of nitrogens with one attached hydrogen (secondary N) is 1. The van der Waals surface area contributed by atoms with Crippen molar-refractivity contribution in [3.05, 3.63) is 40.2 Å². The molecule has 0 saturated heterocycles. The van der Waals surface area contributed by atoms with Gasteiger partial charge >= 0.3 is 11.6 Å². The van der Waals surface area contributed by atoms with E-state index < -0.39 is 30.2 Å². The molecule has 24 heavy (non-hydrogen) atoms. The van der Waals surface area contributed by atoms with Gasteiger partial charge in [0, 0.05) is 23.9 Å². The van der Waals surface area contributed by atoms with Crippen LogP contribution in [0.25, 0.3) is 11.0 Å². The van der Waals surface area contributed by atoms with Crippen molar-refractivity contribution in [1.29, 1.82) is 0 Å². The average molecular weight is 335 g/mol. The second-order valence-corrected chi connectivity index (χ2v) is 4.96. The molecule has 1 atom stereocenters. The number of amides is 1. The smallest absolute Gasteiger partial charge is 0.336 e. The molecule has 1 amide bonds. The van der Waals surface area contributed by atoms with Gasteiger partial charge in [-0.3, -0.25) is 4.79 Å². The van der Waals surface area contributed by atoms with Crippen molar-refractivity contribution in [3.63, 3.8) is 0 Å². The van der Waals surface area contributed by atoms with E-state index in [0.717, 1.165) is 0 Å². The van der Waals surface area contributed by atoms with Crippen LogP contribution in [0.4, 0.5) is 0 Å². The fourth-order valence-electron chi connectivity index (χ4n) is 2.30. The minimum atomic E-state index is -1.04. The van der Waals surface area contributed by atoms with Crippen molar-refractivity contribution < 1.29 is 28.6 Å². The number of benzene rings is 1. The zero-order valence-electron chi connectivity index (χ0n) is 13.2. The standard InChI is InChI=1S/C16H17NO7/c1-22-10-3-4-11-9(6-15(20)24-13(11)7-10)5-12(16(21)23-2)17-14(19)8-18/h3-4,6-7,12,18H,5,8H2,1-2H3,(H,17,19)/t12-/m0/s1. The quantitative estimate of drug-likeness (QED) is 0.564. The average Bonchev–Trinajstić information content (AvgIpc) is 2.59. The van der Waals surface area contributed by atoms with Crippen LogP contribution in [0.1, 0.15) is 5.56 Å². The summed E-state index contributed by atoms with van der Waals surface area (Å²) in [4.78, 5) is 35.0. The molecular formula is C16H17NO7. The predicted molar refractivity (Wildman–Crippen MR) is 83.8 cm³/mol. The Morgan fingerprint density at radius 3 is 2.67 bits per heavy atom. The molecule has 0 unspecified atom stereocenters. The molecule has 2 aromatic rings. The number of methoxy groups -OCH3 is 2. The Hall–Kier alpha value is -2.87. The van der Waals surface area contributed by atoms with E-state index >= 15 is 0 Å². The maximum absolute atomic E-state index is 11.8. The molecule has 0 bridgehead atoms. The molecule has 0 spiro atoms. The summed E-state index contributed by atoms with van der Waals surface area (Å²) in [7, 11) is 2.67. The van der Waals surface area contributed by atoms with Gasteiger partial charge in [0.1, 0.15) is 24.0 Å². The predicted octanol–water partition coefficient (Wildman–Crippen LogP) is -0.00580. The van der Waals surface area contributed by atoms with Crippen molar-refractivity contribution in [1.82, 2.24) is 5.32 Å². The molecule has 1 heterocycles. The van der Waals surface area contributed by atoms with Crippen LogP contribution >= 0.6 is 0 Å². The molecule has 0 aliphatic rings. The number of ether oxygens (including phenoxy) is 2. The topological polar surface area (TPSA) is 115 Å². The van der Waals surface area contributed by atoms with Gasteiger partial charge in [-0.2, -0.15) is 0 Å². The van der Waals surface area contributed by atoms with E-state index in [1.54, 1.807) is 18.2 Å². The lowest BCUT2D eigenvalue weighted by atomic mass is 10.0. The maximum Gasteiger partial charge on any atom is 0.336 e. The Balaban J connectivity index is 2.43. The zero-order valence-corrected chi connectivity index (χ0v) is 13.2. The van der Waals surface area contributed by atoms with E-state index in [1.165, 1.54) is 20.3 Å². The summed E-state index contributed by atoms with van der Waals surface area (Å²) in [6, 6.07) is 5.14. The SMILES string of the molecule is COC(=O)[C@H](Cc1cc(=O)oc2cc(OC)ccc12)NC(=O)CO. The number of hydrogen-bond acceptors (Lipinski definition) is 7. The van der Waals surface area contributed by atoms with Crippen molar-refractivity contribution in [2.24, 2.45) is 0 Å². The summed E-state index contributed by atoms with van der Waals surface area (Å²) in [6.45, 7) is -0.762. The summed E-state index contributed by atoms with van der Waals surface area (Å²) in [5.74, 6) is -0.896. The Bertz CT molecular complexity index is 812. The first-order chi connectivity index (χ1) is 11.5. The molecule has 0 fully saturated rings. The number of aliphatic hydroxyl groups is 1. The normalized spacial score (nSPS) is 11.8. The highest BCUT2D eigenvalue weighted by atomic mass is 16.5. The molecule has 0 radical (unpaired) electrons. The lowest BCUT2D eigenvalue weighted by molar-refractivity contribution is -0.145. The van der Waals surface area contributed by atoms with Crippen LogP contribution in [-0.2, 0) is 20.7 Å². The second kappa shape index (κ2) is 7.60. The van der Waals surface area contributed by atoms with Crippen LogP contribution in [0.2, 0.25) is 0 Å². The molecule has 2 N–H and O–H groups in total. The molecule has 0 saturated carbocycles. The molecule has 2 rings (SSSR count). The molecule has 8 heteroatoms. The highest BCUT2D eigenvalue weighted by molar-refractivity contribution is 5.87. The minimum Gasteiger partial charge on any atom is -0.497 e. The number of fused-ring (bicyclic) bond motifs is 1. The summed E-state index contributed by atoms with van der Waals surface area (Å²) in [5, 5.41) is 11.8. The van der Waals surface area contributed by atoms with E-state index in [0.29, 0.717) is 22.3 Å². The van der Waals surface area contributed by atoms with Gasteiger partial charge in [0.15, 0.2) is 0 Å². The number of esters is 1. The van der Waals surface area contributed by atoms with E-state index in [4.69, 9.17) is 14.3 Å². The third-order valence-corrected chi connectivity index (χ3v) is 3.43. The van der Waals surface area contributed by atoms with Crippen LogP contribution in [0.5, 0.6) is 5.75 Å². The molecular weight excluding hydrogens is 318 g/mol. The second-order valence-electron chi connectivity index (χ2n) is 4.96. The Morgan fingerprint density at radius 1 is 1.29 bits per heavy atom. The van der Waals surface area contributed by atoms with Crippen molar-refractivity contribution in [2.75, 3.05) is 20.8 Å². The lowest BCUT2D eigenvalue weighted by Gasteiger charge is -2.16. The highest BCUT2D eigenvalue weighted by Gasteiger charge is 2.23. The molecule has 0 aliphatic carbocycles. The first kappa shape index (κ1) is 17.5. The van der Waals surface area contributed by atoms with Crippen LogP contribution in [0.3, 0.4) is 0 Å². The Labute approximate surface area is 137 Å². The van der Waals surface area contributed by atoms with E-state index in [-0.39, 0.29) is 6.42 Å². The van der Waals surface area contributed by atoms with Crippen molar-refractivity contribution >= 4 is 22.8 Å². The third kappa shape index (κ3) is 3.90. The van der Waals surface area contributed by atoms with Crippen LogP contribution < -0.4 is 15.7 Å². The number of hydrogen-bond donors (Lipinski definition) is 2. The van der Waals surface area contributed by atoms with E-state index in [2.05, 4.69) is 10.1 Å². The molecule has 128 valence electrons. The lowest BCUT2D eigenvalue weighted by Crippen LogP contribution is -2.44. The van der Waals surface area contributed by atoms with Gasteiger partial charge in [0.2, 0.25) is 5.91 Å². The minimum absolute atomic E-state index is 0.00679. The first-order valence-corrected chi connectivity index (χ1v) is 7.07. The maximum atomic E-state index is 11.8. The van der Waals surface area contributed by atoms with Gasteiger partial charge in [0.05, 0.1) is 14.2 Å². The van der Waals surface area contributed by atoms with Crippen LogP contribution in [-0.4, -0.2) is 43.9 Å². The van der Waals surface area contributed by atoms with Crippen LogP contribution in [0.15, 0.2) is 33.5 Å². The fraction of sp³-hybridized carbons (Fsp3) is 0.312. The van der Waals surface area contributed by atoms with Crippen molar-refractivity contribution in [3.8, 4) is 5.75 Å². The summed E-state index contributed by atoms with van der Waals surface area (Å²) < 4.78 is 14.9. The largest absolute Gasteiger partial charge is 0.497 e. The fourth-order valence-corrected chi connectivity index (χ4v) is 2.30. The number of aliphatic hydroxyl groups excluding tert-OH is 1. The molecule has 8 nitrogen and oxygen atoms in total. The van der Waals surface area contributed by atoms with E-state index in [1.807, 2.05) is 0 Å². The third-order valence-electron chi connectivity index (χ3n) is 3.43. The van der Waals surface area contributed by atoms with Gasteiger partial charge in [-0.15, -0.1) is 0 Å². The highest BCUT2D eigenvalue weighted by Crippen LogP contribution is 2.23. The summed E-state index contributed by atoms with van der Waals surface area (Å²) >= 11 is 0. The number of carbonyl (C=O) groups excluding carboxylic acids is 2. The molecule has 1 aromatic carbocycles. The Morgan fingerprint density at radius 2 is 2.04 bits per heavy atom. The van der Waals surface area contributed by atoms with Gasteiger partial charge in [-0.25, -0.2) is 9.59 Å². The zero-order chi connectivity index (χ0) is 17.7. The van der Waals surface area contributed by atoms with Gasteiger partial charge in [-0.1, -0.05) is 0 Å². The van der Waals surface area contributed by atoms with Gasteiger partial charge in [0.25, 0.3) is 0 Å². The van der Waals surface area contributed by atoms with Crippen LogP contribution in [0, 0.1) is 0 Å². The Kier molecular flexibility index (Phi) is 5.54. The molecule has 0 aliphatic heterocycles. The van der Waals surface area contributed by atoms with E-state index in [9.17, 15) is 14.4 Å². The van der Waals surface area contributed by atoms with Gasteiger partial charge < -0.3 is 24.3 Å². The first-order valence-electron chi connectivity index (χ1n) is 7.07. The van der Waals surface area contributed by atoms with Gasteiger partial charge in [-0.05, 0) is 17.7 Å². The number of carbonyl (C=O) groups is 2. The molecule has 1 aromatic heterocycles. The van der Waals surface area contributed by atoms with Crippen molar-refractivity contribution in [2.45, 2.75) is 12.5 Å². The monoisotopic (exact) mass is 335 g/mol. The number of rotatable bonds is 6. The summed E-state index contributed by atoms with van der Waals surface area (Å²) in [6.07, 6.45) is 0.00679.